The zero-order chi connectivity index (χ0) is 26.3. The molecule has 0 unspecified atom stereocenters. The molecule has 38 heavy (non-hydrogen) atoms. The van der Waals surface area contributed by atoms with Crippen LogP contribution in [0.25, 0.3) is 6.08 Å². The fourth-order valence-electron chi connectivity index (χ4n) is 8.11. The van der Waals surface area contributed by atoms with Crippen LogP contribution >= 0.6 is 0 Å². The molecule has 1 N–H and O–H groups in total. The van der Waals surface area contributed by atoms with Gasteiger partial charge in [0.05, 0.1) is 4.92 Å². The number of nitrogens with zero attached hydrogens (tertiary/aromatic N) is 3. The molecule has 5 fully saturated rings. The Morgan fingerprint density at radius 2 is 1.63 bits per heavy atom. The number of rotatable bonds is 7. The zero-order valence-electron chi connectivity index (χ0n) is 22.2. The predicted octanol–water partition coefficient (Wildman–Crippen LogP) is 5.97. The minimum atomic E-state index is -0.270. The fourth-order valence-corrected chi connectivity index (χ4v) is 8.11. The van der Waals surface area contributed by atoms with Gasteiger partial charge in [-0.3, -0.25) is 14.9 Å². The predicted molar refractivity (Wildman–Crippen MR) is 151 cm³/mol. The molecule has 1 saturated heterocycles. The van der Waals surface area contributed by atoms with E-state index in [1.165, 1.54) is 38.5 Å². The SMILES string of the molecule is C[C@H](Nc1cc(N2CCN(C(=O)/C=C/c3ccccc3)CC2)ccc1[N+](=O)[O-])C12CC3CC(CC(C3)C1)C2. The molecule has 4 bridgehead atoms. The van der Waals surface area contributed by atoms with E-state index in [0.29, 0.717) is 31.9 Å². The van der Waals surface area contributed by atoms with Gasteiger partial charge < -0.3 is 15.1 Å². The van der Waals surface area contributed by atoms with Crippen molar-refractivity contribution in [1.82, 2.24) is 4.90 Å². The highest BCUT2D eigenvalue weighted by Gasteiger charge is 2.53. The highest BCUT2D eigenvalue weighted by atomic mass is 16.6. The van der Waals surface area contributed by atoms with Crippen LogP contribution in [0.5, 0.6) is 0 Å². The second-order valence-corrected chi connectivity index (χ2v) is 12.2. The second kappa shape index (κ2) is 10.1. The Hall–Kier alpha value is -3.35. The first-order valence-corrected chi connectivity index (χ1v) is 14.2. The van der Waals surface area contributed by atoms with E-state index in [2.05, 4.69) is 17.1 Å². The maximum atomic E-state index is 12.7. The number of amides is 1. The number of benzene rings is 2. The molecule has 200 valence electrons. The lowest BCUT2D eigenvalue weighted by molar-refractivity contribution is -0.384. The molecule has 0 spiro atoms. The van der Waals surface area contributed by atoms with E-state index in [0.717, 1.165) is 29.0 Å². The van der Waals surface area contributed by atoms with Gasteiger partial charge in [0.25, 0.3) is 5.69 Å². The van der Waals surface area contributed by atoms with Gasteiger partial charge in [-0.1, -0.05) is 30.3 Å². The molecule has 4 aliphatic carbocycles. The quantitative estimate of drug-likeness (QED) is 0.280. The number of carbonyl (C=O) groups excluding carboxylic acids is 1. The number of carbonyl (C=O) groups is 1. The van der Waals surface area contributed by atoms with E-state index in [-0.39, 0.29) is 28.0 Å². The summed E-state index contributed by atoms with van der Waals surface area (Å²) in [6.45, 7) is 4.90. The lowest BCUT2D eigenvalue weighted by Crippen LogP contribution is -2.53. The minimum Gasteiger partial charge on any atom is -0.376 e. The van der Waals surface area contributed by atoms with Gasteiger partial charge in [-0.25, -0.2) is 0 Å². The highest BCUT2D eigenvalue weighted by Crippen LogP contribution is 2.61. The van der Waals surface area contributed by atoms with E-state index in [4.69, 9.17) is 0 Å². The van der Waals surface area contributed by atoms with Crippen molar-refractivity contribution in [3.63, 3.8) is 0 Å². The fraction of sp³-hybridized carbons (Fsp3) is 0.516. The zero-order valence-corrected chi connectivity index (χ0v) is 22.2. The molecule has 1 heterocycles. The summed E-state index contributed by atoms with van der Waals surface area (Å²) in [5.74, 6) is 2.54. The Labute approximate surface area is 225 Å². The van der Waals surface area contributed by atoms with Crippen molar-refractivity contribution in [2.75, 3.05) is 36.4 Å². The van der Waals surface area contributed by atoms with Crippen LogP contribution in [0.3, 0.4) is 0 Å². The first-order valence-electron chi connectivity index (χ1n) is 14.2. The summed E-state index contributed by atoms with van der Waals surface area (Å²) in [5, 5.41) is 15.6. The van der Waals surface area contributed by atoms with E-state index in [1.807, 2.05) is 53.4 Å². The maximum Gasteiger partial charge on any atom is 0.292 e. The molecule has 2 aromatic carbocycles. The van der Waals surface area contributed by atoms with Gasteiger partial charge in [-0.05, 0) is 92.4 Å². The van der Waals surface area contributed by atoms with Crippen LogP contribution in [-0.2, 0) is 4.79 Å². The van der Waals surface area contributed by atoms with Gasteiger partial charge in [0.2, 0.25) is 5.91 Å². The number of anilines is 2. The normalized spacial score (nSPS) is 29.0. The molecule has 7 heteroatoms. The van der Waals surface area contributed by atoms with Crippen LogP contribution in [0.1, 0.15) is 51.0 Å². The Bertz CT molecular complexity index is 1180. The molecule has 1 amide bonds. The third-order valence-electron chi connectivity index (χ3n) is 9.73. The average molecular weight is 515 g/mol. The van der Waals surface area contributed by atoms with E-state index in [9.17, 15) is 14.9 Å². The third-order valence-corrected chi connectivity index (χ3v) is 9.73. The first-order chi connectivity index (χ1) is 18.4. The molecule has 0 radical (unpaired) electrons. The number of nitro benzene ring substituents is 1. The molecule has 1 atom stereocenters. The molecule has 5 aliphatic rings. The first kappa shape index (κ1) is 25.0. The van der Waals surface area contributed by atoms with Crippen LogP contribution < -0.4 is 10.2 Å². The molecule has 7 rings (SSSR count). The smallest absolute Gasteiger partial charge is 0.292 e. The number of hydrogen-bond donors (Lipinski definition) is 1. The maximum absolute atomic E-state index is 12.7. The summed E-state index contributed by atoms with van der Waals surface area (Å²) in [7, 11) is 0. The summed E-state index contributed by atoms with van der Waals surface area (Å²) >= 11 is 0. The summed E-state index contributed by atoms with van der Waals surface area (Å²) in [5.41, 5.74) is 3.01. The van der Waals surface area contributed by atoms with Crippen molar-refractivity contribution < 1.29 is 9.72 Å². The van der Waals surface area contributed by atoms with Gasteiger partial charge >= 0.3 is 0 Å². The summed E-state index contributed by atoms with van der Waals surface area (Å²) in [4.78, 5) is 28.5. The Morgan fingerprint density at radius 1 is 1.00 bits per heavy atom. The topological polar surface area (TPSA) is 78.7 Å². The number of nitrogens with one attached hydrogen (secondary N) is 1. The monoisotopic (exact) mass is 514 g/mol. The summed E-state index contributed by atoms with van der Waals surface area (Å²) in [6, 6.07) is 15.5. The Morgan fingerprint density at radius 3 is 2.24 bits per heavy atom. The number of hydrogen-bond acceptors (Lipinski definition) is 5. The van der Waals surface area contributed by atoms with Crippen molar-refractivity contribution in [1.29, 1.82) is 0 Å². The van der Waals surface area contributed by atoms with Crippen LogP contribution in [-0.4, -0.2) is 48.0 Å². The van der Waals surface area contributed by atoms with E-state index in [1.54, 1.807) is 12.1 Å². The largest absolute Gasteiger partial charge is 0.376 e. The molecular weight excluding hydrogens is 476 g/mol. The van der Waals surface area contributed by atoms with Gasteiger partial charge in [0, 0.05) is 50.1 Å². The Balaban J connectivity index is 1.13. The van der Waals surface area contributed by atoms with Gasteiger partial charge in [0.15, 0.2) is 0 Å². The Kier molecular flexibility index (Phi) is 6.62. The van der Waals surface area contributed by atoms with E-state index < -0.39 is 0 Å². The van der Waals surface area contributed by atoms with Crippen LogP contribution in [0.15, 0.2) is 54.6 Å². The van der Waals surface area contributed by atoms with Crippen molar-refractivity contribution in [2.45, 2.75) is 51.5 Å². The third kappa shape index (κ3) is 4.91. The second-order valence-electron chi connectivity index (χ2n) is 12.2. The molecular formula is C31H38N4O3. The van der Waals surface area contributed by atoms with E-state index >= 15 is 0 Å². The van der Waals surface area contributed by atoms with Crippen LogP contribution in [0.2, 0.25) is 0 Å². The van der Waals surface area contributed by atoms with Crippen molar-refractivity contribution in [2.24, 2.45) is 23.2 Å². The molecule has 7 nitrogen and oxygen atoms in total. The minimum absolute atomic E-state index is 0.0176. The summed E-state index contributed by atoms with van der Waals surface area (Å²) in [6.07, 6.45) is 11.4. The van der Waals surface area contributed by atoms with Crippen molar-refractivity contribution in [3.05, 3.63) is 70.3 Å². The lowest BCUT2D eigenvalue weighted by Gasteiger charge is -2.59. The molecule has 0 aromatic heterocycles. The van der Waals surface area contributed by atoms with Crippen LogP contribution in [0.4, 0.5) is 17.1 Å². The van der Waals surface area contributed by atoms with Gasteiger partial charge in [-0.15, -0.1) is 0 Å². The highest BCUT2D eigenvalue weighted by molar-refractivity contribution is 5.92. The van der Waals surface area contributed by atoms with Crippen molar-refractivity contribution in [3.8, 4) is 0 Å². The number of piperazine rings is 1. The van der Waals surface area contributed by atoms with Crippen LogP contribution in [0, 0.1) is 33.3 Å². The van der Waals surface area contributed by atoms with Crippen molar-refractivity contribution >= 4 is 29.0 Å². The standard InChI is InChI=1S/C31H38N4O3/c1-22(31-19-24-15-25(20-31)17-26(16-24)21-31)32-28-18-27(8-9-29(28)35(37)38)33-11-13-34(14-12-33)30(36)10-7-23-5-3-2-4-6-23/h2-10,18,22,24-26,32H,11-17,19-21H2,1H3/b10-7+/t22-,24?,25?,26?,31?/m0/s1. The number of nitro groups is 1. The molecule has 1 aliphatic heterocycles. The average Bonchev–Trinajstić information content (AvgIpc) is 2.91. The summed E-state index contributed by atoms with van der Waals surface area (Å²) < 4.78 is 0. The van der Waals surface area contributed by atoms with Gasteiger partial charge in [0.1, 0.15) is 5.69 Å². The van der Waals surface area contributed by atoms with Gasteiger partial charge in [-0.2, -0.15) is 0 Å². The lowest BCUT2D eigenvalue weighted by atomic mass is 9.48. The molecule has 4 saturated carbocycles. The molecule has 2 aromatic rings.